The van der Waals surface area contributed by atoms with E-state index in [4.69, 9.17) is 25.0 Å². The number of carboxylic acids is 1. The molecule has 36 heavy (non-hydrogen) atoms. The van der Waals surface area contributed by atoms with E-state index in [1.807, 2.05) is 55.5 Å². The first kappa shape index (κ1) is 23.7. The molecule has 5 rings (SSSR count). The van der Waals surface area contributed by atoms with Crippen LogP contribution >= 0.6 is 0 Å². The van der Waals surface area contributed by atoms with E-state index in [9.17, 15) is 4.79 Å². The molecule has 0 aliphatic heterocycles. The van der Waals surface area contributed by atoms with E-state index in [0.29, 0.717) is 18.9 Å². The summed E-state index contributed by atoms with van der Waals surface area (Å²) in [5, 5.41) is 9.12. The minimum absolute atomic E-state index is 0.102. The zero-order chi connectivity index (χ0) is 25.2. The van der Waals surface area contributed by atoms with Crippen molar-refractivity contribution in [3.05, 3.63) is 88.8 Å². The second-order valence-electron chi connectivity index (χ2n) is 9.47. The Kier molecular flexibility index (Phi) is 6.51. The van der Waals surface area contributed by atoms with Crippen LogP contribution in [0.25, 0.3) is 22.6 Å². The molecule has 0 saturated heterocycles. The number of anilines is 1. The number of carboxylic acid groups (broad SMARTS) is 1. The number of hydrogen-bond acceptors (Lipinski definition) is 5. The summed E-state index contributed by atoms with van der Waals surface area (Å²) in [5.74, 6) is 1.54. The molecule has 6 heteroatoms. The molecule has 4 aromatic rings. The minimum Gasteiger partial charge on any atom is -0.493 e. The smallest absolute Gasteiger partial charge is 0.303 e. The van der Waals surface area contributed by atoms with Crippen LogP contribution in [-0.4, -0.2) is 22.7 Å². The van der Waals surface area contributed by atoms with E-state index >= 15 is 0 Å². The van der Waals surface area contributed by atoms with Gasteiger partial charge in [-0.2, -0.15) is 0 Å². The number of carbonyl (C=O) groups is 1. The van der Waals surface area contributed by atoms with Gasteiger partial charge in [0.1, 0.15) is 11.5 Å². The van der Waals surface area contributed by atoms with Gasteiger partial charge in [-0.1, -0.05) is 24.3 Å². The predicted molar refractivity (Wildman–Crippen MR) is 140 cm³/mol. The van der Waals surface area contributed by atoms with Gasteiger partial charge in [0.25, 0.3) is 0 Å². The van der Waals surface area contributed by atoms with Crippen LogP contribution in [0.2, 0.25) is 0 Å². The summed E-state index contributed by atoms with van der Waals surface area (Å²) in [7, 11) is 0. The van der Waals surface area contributed by atoms with Crippen molar-refractivity contribution in [1.82, 2.24) is 4.98 Å². The standard InChI is InChI=1S/C30H30N2O4/c1-18-3-4-23(16-27(18)20-7-9-24(31)10-8-20)30-32-28(19(2)36-30)13-14-35-25-11-12-26-21(15-25)5-6-22(26)17-29(33)34/h3-4,7-12,15-16,22H,5-6,13-14,17,31H2,1-2H3,(H,33,34)/t22-/m0/s1. The van der Waals surface area contributed by atoms with E-state index in [0.717, 1.165) is 58.0 Å². The van der Waals surface area contributed by atoms with E-state index in [1.54, 1.807) is 0 Å². The first-order valence-corrected chi connectivity index (χ1v) is 12.3. The maximum Gasteiger partial charge on any atom is 0.303 e. The highest BCUT2D eigenvalue weighted by Gasteiger charge is 2.25. The Bertz CT molecular complexity index is 1410. The fraction of sp³-hybridized carbons (Fsp3) is 0.267. The number of rotatable bonds is 8. The second kappa shape index (κ2) is 9.90. The maximum atomic E-state index is 11.1. The van der Waals surface area contributed by atoms with E-state index in [1.165, 1.54) is 11.1 Å². The summed E-state index contributed by atoms with van der Waals surface area (Å²) in [5.41, 5.74) is 14.1. The SMILES string of the molecule is Cc1ccc(-c2nc(CCOc3ccc4c(c3)CC[C@H]4CC(=O)O)c(C)o2)cc1-c1ccc(N)cc1. The average Bonchev–Trinajstić information content (AvgIpc) is 3.42. The number of hydrogen-bond donors (Lipinski definition) is 2. The number of nitrogen functional groups attached to an aromatic ring is 1. The number of nitrogens with zero attached hydrogens (tertiary/aromatic N) is 1. The lowest BCUT2D eigenvalue weighted by molar-refractivity contribution is -0.137. The van der Waals surface area contributed by atoms with Gasteiger partial charge in [0.2, 0.25) is 5.89 Å². The number of aliphatic carboxylic acids is 1. The Morgan fingerprint density at radius 1 is 1.08 bits per heavy atom. The van der Waals surface area contributed by atoms with Crippen LogP contribution in [-0.2, 0) is 17.6 Å². The van der Waals surface area contributed by atoms with Crippen molar-refractivity contribution < 1.29 is 19.1 Å². The number of fused-ring (bicyclic) bond motifs is 1. The Hall–Kier alpha value is -4.06. The molecular weight excluding hydrogens is 452 g/mol. The van der Waals surface area contributed by atoms with Crippen molar-refractivity contribution in [2.75, 3.05) is 12.3 Å². The largest absolute Gasteiger partial charge is 0.493 e. The molecule has 3 N–H and O–H groups in total. The van der Waals surface area contributed by atoms with Crippen LogP contribution in [0.1, 0.15) is 46.9 Å². The molecule has 184 valence electrons. The highest BCUT2D eigenvalue weighted by atomic mass is 16.5. The molecule has 3 aromatic carbocycles. The van der Waals surface area contributed by atoms with E-state index < -0.39 is 5.97 Å². The van der Waals surface area contributed by atoms with Crippen LogP contribution < -0.4 is 10.5 Å². The van der Waals surface area contributed by atoms with Crippen molar-refractivity contribution >= 4 is 11.7 Å². The van der Waals surface area contributed by atoms with Crippen LogP contribution in [0.15, 0.2) is 65.1 Å². The van der Waals surface area contributed by atoms with Crippen LogP contribution in [0, 0.1) is 13.8 Å². The highest BCUT2D eigenvalue weighted by Crippen LogP contribution is 2.37. The molecule has 0 amide bonds. The fourth-order valence-electron chi connectivity index (χ4n) is 4.97. The van der Waals surface area contributed by atoms with Gasteiger partial charge in [-0.05, 0) is 96.8 Å². The number of nitrogens with two attached hydrogens (primary N) is 1. The number of oxazole rings is 1. The summed E-state index contributed by atoms with van der Waals surface area (Å²) < 4.78 is 12.0. The summed E-state index contributed by atoms with van der Waals surface area (Å²) >= 11 is 0. The van der Waals surface area contributed by atoms with Gasteiger partial charge in [0.15, 0.2) is 0 Å². The molecule has 1 aliphatic rings. The first-order chi connectivity index (χ1) is 17.4. The quantitative estimate of drug-likeness (QED) is 0.285. The van der Waals surface area contributed by atoms with Gasteiger partial charge in [-0.3, -0.25) is 4.79 Å². The third-order valence-corrected chi connectivity index (χ3v) is 6.94. The van der Waals surface area contributed by atoms with Crippen molar-refractivity contribution in [1.29, 1.82) is 0 Å². The maximum absolute atomic E-state index is 11.1. The molecule has 6 nitrogen and oxygen atoms in total. The van der Waals surface area contributed by atoms with Gasteiger partial charge >= 0.3 is 5.97 Å². The van der Waals surface area contributed by atoms with Gasteiger partial charge in [0, 0.05) is 17.7 Å². The molecule has 0 saturated carbocycles. The van der Waals surface area contributed by atoms with Crippen molar-refractivity contribution in [3.8, 4) is 28.3 Å². The van der Waals surface area contributed by atoms with E-state index in [-0.39, 0.29) is 12.3 Å². The number of aryl methyl sites for hydroxylation is 3. The molecule has 0 fully saturated rings. The van der Waals surface area contributed by atoms with Gasteiger partial charge in [-0.15, -0.1) is 0 Å². The van der Waals surface area contributed by atoms with Gasteiger partial charge in [-0.25, -0.2) is 4.98 Å². The molecule has 0 spiro atoms. The predicted octanol–water partition coefficient (Wildman–Crippen LogP) is 6.33. The van der Waals surface area contributed by atoms with E-state index in [2.05, 4.69) is 19.1 Å². The lowest BCUT2D eigenvalue weighted by atomic mass is 9.98. The lowest BCUT2D eigenvalue weighted by Gasteiger charge is -2.10. The van der Waals surface area contributed by atoms with Gasteiger partial charge < -0.3 is 20.0 Å². The normalized spacial score (nSPS) is 14.6. The van der Waals surface area contributed by atoms with Gasteiger partial charge in [0.05, 0.1) is 18.7 Å². The molecule has 1 atom stereocenters. The monoisotopic (exact) mass is 482 g/mol. The third-order valence-electron chi connectivity index (χ3n) is 6.94. The summed E-state index contributed by atoms with van der Waals surface area (Å²) in [6.07, 6.45) is 2.59. The molecule has 0 bridgehead atoms. The Morgan fingerprint density at radius 2 is 1.86 bits per heavy atom. The Morgan fingerprint density at radius 3 is 2.64 bits per heavy atom. The van der Waals surface area contributed by atoms with Crippen LogP contribution in [0.4, 0.5) is 5.69 Å². The number of benzene rings is 3. The molecule has 1 aliphatic carbocycles. The molecule has 1 heterocycles. The van der Waals surface area contributed by atoms with Crippen molar-refractivity contribution in [3.63, 3.8) is 0 Å². The van der Waals surface area contributed by atoms with Crippen molar-refractivity contribution in [2.24, 2.45) is 0 Å². The fourth-order valence-corrected chi connectivity index (χ4v) is 4.97. The number of ether oxygens (including phenoxy) is 1. The second-order valence-corrected chi connectivity index (χ2v) is 9.47. The number of aromatic nitrogens is 1. The summed E-state index contributed by atoms with van der Waals surface area (Å²) in [6.45, 7) is 4.50. The highest BCUT2D eigenvalue weighted by molar-refractivity contribution is 5.74. The molecule has 0 unspecified atom stereocenters. The minimum atomic E-state index is -0.748. The zero-order valence-electron chi connectivity index (χ0n) is 20.6. The molecular formula is C30H30N2O4. The lowest BCUT2D eigenvalue weighted by Crippen LogP contribution is -2.04. The zero-order valence-corrected chi connectivity index (χ0v) is 20.6. The molecule has 1 aromatic heterocycles. The van der Waals surface area contributed by atoms with Crippen LogP contribution in [0.5, 0.6) is 5.75 Å². The average molecular weight is 483 g/mol. The summed E-state index contributed by atoms with van der Waals surface area (Å²) in [4.78, 5) is 15.9. The van der Waals surface area contributed by atoms with Crippen molar-refractivity contribution in [2.45, 2.75) is 45.4 Å². The topological polar surface area (TPSA) is 98.6 Å². The summed E-state index contributed by atoms with van der Waals surface area (Å²) in [6, 6.07) is 20.1. The first-order valence-electron chi connectivity index (χ1n) is 12.3. The Balaban J connectivity index is 1.26. The Labute approximate surface area is 210 Å². The molecule has 0 radical (unpaired) electrons. The third kappa shape index (κ3) is 4.98. The van der Waals surface area contributed by atoms with Crippen LogP contribution in [0.3, 0.4) is 0 Å².